The average Bonchev–Trinajstić information content (AvgIpc) is 2.72. The normalized spacial score (nSPS) is 17.0. The lowest BCUT2D eigenvalue weighted by atomic mass is 9.87. The largest absolute Gasteiger partial charge is 0.460 e. The van der Waals surface area contributed by atoms with Crippen LogP contribution in [0, 0.1) is 0 Å². The van der Waals surface area contributed by atoms with Crippen LogP contribution >= 0.6 is 0 Å². The standard InChI is InChI=1S/C21H31N3O6S/c1-20(2,3)30-18(26)10-15-31(28,29)23-13-11-21(22-4,12-14-23)19(27)24(16-25)17-8-6-5-7-9-17/h5-9,16,22H,10-15H2,1-4H3. The van der Waals surface area contributed by atoms with Gasteiger partial charge in [0.05, 0.1) is 17.9 Å². The number of anilines is 1. The fraction of sp³-hybridized carbons (Fsp3) is 0.571. The second kappa shape index (κ2) is 9.88. The van der Waals surface area contributed by atoms with E-state index in [1.54, 1.807) is 58.2 Å². The van der Waals surface area contributed by atoms with Crippen molar-refractivity contribution in [1.82, 2.24) is 9.62 Å². The van der Waals surface area contributed by atoms with Gasteiger partial charge in [0, 0.05) is 13.1 Å². The molecular formula is C21H31N3O6S. The summed E-state index contributed by atoms with van der Waals surface area (Å²) >= 11 is 0. The highest BCUT2D eigenvalue weighted by Crippen LogP contribution is 2.28. The van der Waals surface area contributed by atoms with Gasteiger partial charge in [-0.2, -0.15) is 0 Å². The van der Waals surface area contributed by atoms with E-state index in [0.29, 0.717) is 12.1 Å². The number of carbonyl (C=O) groups excluding carboxylic acids is 3. The summed E-state index contributed by atoms with van der Waals surface area (Å²) in [6, 6.07) is 8.55. The smallest absolute Gasteiger partial charge is 0.307 e. The van der Waals surface area contributed by atoms with Gasteiger partial charge in [-0.3, -0.25) is 19.3 Å². The van der Waals surface area contributed by atoms with E-state index in [2.05, 4.69) is 5.32 Å². The molecule has 0 unspecified atom stereocenters. The maximum Gasteiger partial charge on any atom is 0.307 e. The Morgan fingerprint density at radius 3 is 2.26 bits per heavy atom. The lowest BCUT2D eigenvalue weighted by Gasteiger charge is -2.41. The topological polar surface area (TPSA) is 113 Å². The predicted molar refractivity (Wildman–Crippen MR) is 117 cm³/mol. The fourth-order valence-electron chi connectivity index (χ4n) is 3.50. The van der Waals surface area contributed by atoms with Crippen molar-refractivity contribution < 1.29 is 27.5 Å². The minimum absolute atomic E-state index is 0.102. The molecule has 0 radical (unpaired) electrons. The summed E-state index contributed by atoms with van der Waals surface area (Å²) in [6.45, 7) is 5.36. The molecule has 0 atom stereocenters. The molecule has 1 aliphatic heterocycles. The molecular weight excluding hydrogens is 422 g/mol. The molecule has 31 heavy (non-hydrogen) atoms. The van der Waals surface area contributed by atoms with Crippen LogP contribution in [0.2, 0.25) is 0 Å². The lowest BCUT2D eigenvalue weighted by Crippen LogP contribution is -2.62. The molecule has 2 rings (SSSR count). The zero-order chi connectivity index (χ0) is 23.3. The van der Waals surface area contributed by atoms with Crippen LogP contribution in [0.1, 0.15) is 40.0 Å². The van der Waals surface area contributed by atoms with Crippen molar-refractivity contribution in [1.29, 1.82) is 0 Å². The molecule has 1 aromatic rings. The van der Waals surface area contributed by atoms with Gasteiger partial charge in [-0.15, -0.1) is 0 Å². The van der Waals surface area contributed by atoms with Crippen molar-refractivity contribution in [3.63, 3.8) is 0 Å². The van der Waals surface area contributed by atoms with Crippen LogP contribution in [0.3, 0.4) is 0 Å². The van der Waals surface area contributed by atoms with Gasteiger partial charge in [0.25, 0.3) is 5.91 Å². The number of amides is 2. The van der Waals surface area contributed by atoms with Crippen LogP contribution in [-0.2, 0) is 29.1 Å². The first-order chi connectivity index (χ1) is 14.4. The summed E-state index contributed by atoms with van der Waals surface area (Å²) in [6.07, 6.45) is 0.635. The van der Waals surface area contributed by atoms with Gasteiger partial charge in [0.2, 0.25) is 16.4 Å². The van der Waals surface area contributed by atoms with Crippen LogP contribution in [0.5, 0.6) is 0 Å². The van der Waals surface area contributed by atoms with Crippen molar-refractivity contribution in [3.8, 4) is 0 Å². The monoisotopic (exact) mass is 453 g/mol. The number of esters is 1. The number of nitrogens with one attached hydrogen (secondary N) is 1. The number of likely N-dealkylation sites (N-methyl/N-ethyl adjacent to an activating group) is 1. The third-order valence-corrected chi connectivity index (χ3v) is 7.07. The minimum atomic E-state index is -3.69. The Morgan fingerprint density at radius 2 is 1.77 bits per heavy atom. The lowest BCUT2D eigenvalue weighted by molar-refractivity contribution is -0.154. The molecule has 1 N–H and O–H groups in total. The second-order valence-electron chi connectivity index (χ2n) is 8.50. The second-order valence-corrected chi connectivity index (χ2v) is 10.6. The summed E-state index contributed by atoms with van der Waals surface area (Å²) in [4.78, 5) is 37.8. The molecule has 0 bridgehead atoms. The first-order valence-electron chi connectivity index (χ1n) is 10.2. The van der Waals surface area contributed by atoms with Crippen molar-refractivity contribution in [2.45, 2.75) is 51.2 Å². The number of ether oxygens (including phenoxy) is 1. The first kappa shape index (κ1) is 25.0. The number of para-hydroxylation sites is 1. The summed E-state index contributed by atoms with van der Waals surface area (Å²) in [7, 11) is -2.06. The van der Waals surface area contributed by atoms with Crippen LogP contribution < -0.4 is 10.2 Å². The van der Waals surface area contributed by atoms with Gasteiger partial charge < -0.3 is 10.1 Å². The third-order valence-electron chi connectivity index (χ3n) is 5.20. The predicted octanol–water partition coefficient (Wildman–Crippen LogP) is 1.29. The minimum Gasteiger partial charge on any atom is -0.460 e. The highest BCUT2D eigenvalue weighted by Gasteiger charge is 2.45. The molecule has 0 saturated carbocycles. The maximum absolute atomic E-state index is 13.2. The molecule has 0 aliphatic carbocycles. The van der Waals surface area contributed by atoms with Crippen molar-refractivity contribution in [2.75, 3.05) is 30.8 Å². The van der Waals surface area contributed by atoms with Crippen LogP contribution in [0.25, 0.3) is 0 Å². The maximum atomic E-state index is 13.2. The Kier molecular flexibility index (Phi) is 7.96. The highest BCUT2D eigenvalue weighted by atomic mass is 32.2. The Labute approximate surface area is 183 Å². The quantitative estimate of drug-likeness (QED) is 0.466. The van der Waals surface area contributed by atoms with E-state index in [9.17, 15) is 22.8 Å². The molecule has 9 nitrogen and oxygen atoms in total. The highest BCUT2D eigenvalue weighted by molar-refractivity contribution is 7.89. The van der Waals surface area contributed by atoms with Gasteiger partial charge in [-0.1, -0.05) is 18.2 Å². The summed E-state index contributed by atoms with van der Waals surface area (Å²) in [5, 5.41) is 3.00. The average molecular weight is 454 g/mol. The molecule has 2 amide bonds. The molecule has 0 spiro atoms. The molecule has 1 saturated heterocycles. The van der Waals surface area contributed by atoms with E-state index in [0.717, 1.165) is 4.90 Å². The number of imide groups is 1. The number of rotatable bonds is 8. The molecule has 172 valence electrons. The Morgan fingerprint density at radius 1 is 1.19 bits per heavy atom. The summed E-state index contributed by atoms with van der Waals surface area (Å²) < 4.78 is 31.8. The molecule has 0 aromatic heterocycles. The summed E-state index contributed by atoms with van der Waals surface area (Å²) in [5.41, 5.74) is -1.29. The van der Waals surface area contributed by atoms with Crippen LogP contribution in [0.15, 0.2) is 30.3 Å². The van der Waals surface area contributed by atoms with Crippen molar-refractivity contribution in [3.05, 3.63) is 30.3 Å². The SMILES string of the molecule is CNC1(C(=O)N(C=O)c2ccccc2)CCN(S(=O)(=O)CCC(=O)OC(C)(C)C)CC1. The van der Waals surface area contributed by atoms with E-state index in [1.165, 1.54) is 4.31 Å². The van der Waals surface area contributed by atoms with Gasteiger partial charge in [-0.05, 0) is 52.8 Å². The first-order valence-corrected chi connectivity index (χ1v) is 11.8. The number of benzene rings is 1. The number of piperidine rings is 1. The molecule has 1 aromatic carbocycles. The van der Waals surface area contributed by atoms with Gasteiger partial charge in [0.1, 0.15) is 11.1 Å². The third kappa shape index (κ3) is 6.34. The Balaban J connectivity index is 2.05. The Bertz CT molecular complexity index is 887. The van der Waals surface area contributed by atoms with E-state index < -0.39 is 33.0 Å². The summed E-state index contributed by atoms with van der Waals surface area (Å²) in [5.74, 6) is -1.35. The van der Waals surface area contributed by atoms with E-state index in [4.69, 9.17) is 4.74 Å². The molecule has 1 aliphatic rings. The van der Waals surface area contributed by atoms with Gasteiger partial charge >= 0.3 is 5.97 Å². The number of nitrogens with zero attached hydrogens (tertiary/aromatic N) is 2. The van der Waals surface area contributed by atoms with E-state index >= 15 is 0 Å². The van der Waals surface area contributed by atoms with Crippen molar-refractivity contribution >= 4 is 34.0 Å². The number of carbonyl (C=O) groups is 3. The van der Waals surface area contributed by atoms with Crippen LogP contribution in [-0.4, -0.2) is 68.0 Å². The number of hydrogen-bond donors (Lipinski definition) is 1. The number of hydrogen-bond acceptors (Lipinski definition) is 7. The van der Waals surface area contributed by atoms with Gasteiger partial charge in [-0.25, -0.2) is 12.7 Å². The molecule has 10 heteroatoms. The fourth-order valence-corrected chi connectivity index (χ4v) is 4.92. The zero-order valence-electron chi connectivity index (χ0n) is 18.5. The number of sulfonamides is 1. The van der Waals surface area contributed by atoms with Crippen LogP contribution in [0.4, 0.5) is 5.69 Å². The van der Waals surface area contributed by atoms with E-state index in [-0.39, 0.29) is 38.1 Å². The Hall–Kier alpha value is -2.30. The zero-order valence-corrected chi connectivity index (χ0v) is 19.3. The molecule has 1 fully saturated rings. The van der Waals surface area contributed by atoms with Crippen molar-refractivity contribution in [2.24, 2.45) is 0 Å². The molecule has 1 heterocycles. The van der Waals surface area contributed by atoms with Gasteiger partial charge in [0.15, 0.2) is 0 Å². The van der Waals surface area contributed by atoms with E-state index in [1.807, 2.05) is 0 Å².